The minimum absolute atomic E-state index is 0.253. The fraction of sp³-hybridized carbons (Fsp3) is 0.100. The SMILES string of the molecule is COc1cccc2c1N=c1c(Cl)c3c(c(Cl)c1O2)=Nc1c(OC)cccc1O3. The molecular weight excluding hydrogens is 403 g/mol. The quantitative estimate of drug-likeness (QED) is 0.401. The summed E-state index contributed by atoms with van der Waals surface area (Å²) in [6.07, 6.45) is 0. The third-order valence-electron chi connectivity index (χ3n) is 4.48. The molecule has 28 heavy (non-hydrogen) atoms. The van der Waals surface area contributed by atoms with Gasteiger partial charge >= 0.3 is 0 Å². The summed E-state index contributed by atoms with van der Waals surface area (Å²) in [5.41, 5.74) is 1.07. The van der Waals surface area contributed by atoms with Crippen molar-refractivity contribution in [2.45, 2.75) is 0 Å². The van der Waals surface area contributed by atoms with Gasteiger partial charge in [0.2, 0.25) is 0 Å². The van der Waals surface area contributed by atoms with E-state index in [1.807, 2.05) is 0 Å². The first-order valence-electron chi connectivity index (χ1n) is 8.30. The van der Waals surface area contributed by atoms with Crippen LogP contribution in [0.2, 0.25) is 10.0 Å². The normalized spacial score (nSPS) is 12.7. The number of rotatable bonds is 2. The number of nitrogens with zero attached hydrogens (tertiary/aromatic N) is 2. The van der Waals surface area contributed by atoms with Crippen molar-refractivity contribution in [2.24, 2.45) is 9.98 Å². The molecule has 0 saturated carbocycles. The molecule has 3 aromatic rings. The highest BCUT2D eigenvalue weighted by atomic mass is 35.5. The van der Waals surface area contributed by atoms with Gasteiger partial charge in [0.15, 0.2) is 23.0 Å². The van der Waals surface area contributed by atoms with E-state index in [4.69, 9.17) is 42.1 Å². The average Bonchev–Trinajstić information content (AvgIpc) is 2.74. The molecule has 6 nitrogen and oxygen atoms in total. The van der Waals surface area contributed by atoms with Crippen molar-refractivity contribution in [2.75, 3.05) is 14.2 Å². The van der Waals surface area contributed by atoms with Gasteiger partial charge in [-0.1, -0.05) is 35.3 Å². The van der Waals surface area contributed by atoms with Gasteiger partial charge in [0.05, 0.1) is 14.2 Å². The molecule has 0 radical (unpaired) electrons. The lowest BCUT2D eigenvalue weighted by molar-refractivity contribution is 0.404. The summed E-state index contributed by atoms with van der Waals surface area (Å²) >= 11 is 13.3. The summed E-state index contributed by atoms with van der Waals surface area (Å²) in [5, 5.41) is 1.24. The van der Waals surface area contributed by atoms with E-state index >= 15 is 0 Å². The molecule has 0 fully saturated rings. The molecule has 3 aromatic carbocycles. The van der Waals surface area contributed by atoms with Gasteiger partial charge in [-0.15, -0.1) is 0 Å². The minimum atomic E-state index is 0.253. The number of benzene rings is 3. The lowest BCUT2D eigenvalue weighted by Gasteiger charge is -2.22. The zero-order valence-electron chi connectivity index (χ0n) is 14.7. The molecule has 0 aliphatic carbocycles. The molecule has 0 aromatic heterocycles. The Morgan fingerprint density at radius 3 is 1.54 bits per heavy atom. The van der Waals surface area contributed by atoms with Crippen LogP contribution in [0, 0.1) is 0 Å². The topological polar surface area (TPSA) is 61.6 Å². The van der Waals surface area contributed by atoms with E-state index in [9.17, 15) is 0 Å². The Kier molecular flexibility index (Phi) is 3.86. The number of methoxy groups -OCH3 is 2. The van der Waals surface area contributed by atoms with Crippen LogP contribution in [0.15, 0.2) is 46.4 Å². The van der Waals surface area contributed by atoms with E-state index in [0.717, 1.165) is 0 Å². The fourth-order valence-corrected chi connectivity index (χ4v) is 3.68. The van der Waals surface area contributed by atoms with E-state index in [1.54, 1.807) is 50.6 Å². The maximum atomic E-state index is 6.63. The van der Waals surface area contributed by atoms with E-state index in [-0.39, 0.29) is 10.0 Å². The van der Waals surface area contributed by atoms with Crippen molar-refractivity contribution in [3.05, 3.63) is 57.2 Å². The van der Waals surface area contributed by atoms with E-state index < -0.39 is 0 Å². The van der Waals surface area contributed by atoms with Gasteiger partial charge in [-0.2, -0.15) is 0 Å². The van der Waals surface area contributed by atoms with Crippen LogP contribution in [0.1, 0.15) is 0 Å². The molecule has 8 heteroatoms. The smallest absolute Gasteiger partial charge is 0.175 e. The predicted molar refractivity (Wildman–Crippen MR) is 104 cm³/mol. The second kappa shape index (κ2) is 6.29. The zero-order chi connectivity index (χ0) is 19.4. The van der Waals surface area contributed by atoms with Crippen molar-refractivity contribution < 1.29 is 18.9 Å². The van der Waals surface area contributed by atoms with Gasteiger partial charge in [0.25, 0.3) is 0 Å². The van der Waals surface area contributed by atoms with E-state index in [0.29, 0.717) is 56.6 Å². The van der Waals surface area contributed by atoms with Gasteiger partial charge < -0.3 is 18.9 Å². The van der Waals surface area contributed by atoms with E-state index in [1.165, 1.54) is 0 Å². The van der Waals surface area contributed by atoms with Gasteiger partial charge in [0.1, 0.15) is 43.6 Å². The van der Waals surface area contributed by atoms with E-state index in [2.05, 4.69) is 9.98 Å². The van der Waals surface area contributed by atoms with Gasteiger partial charge in [-0.05, 0) is 24.3 Å². The molecule has 0 bridgehead atoms. The summed E-state index contributed by atoms with van der Waals surface area (Å²) in [6.45, 7) is 0. The van der Waals surface area contributed by atoms with Gasteiger partial charge in [0, 0.05) is 0 Å². The van der Waals surface area contributed by atoms with Gasteiger partial charge in [-0.3, -0.25) is 0 Å². The molecule has 0 unspecified atom stereocenters. The van der Waals surface area contributed by atoms with Crippen LogP contribution in [0.5, 0.6) is 34.5 Å². The monoisotopic (exact) mass is 414 g/mol. The molecule has 0 atom stereocenters. The molecule has 0 saturated heterocycles. The van der Waals surface area contributed by atoms with Crippen LogP contribution in [0.4, 0.5) is 11.4 Å². The number of fused-ring (bicyclic) bond motifs is 4. The van der Waals surface area contributed by atoms with Crippen LogP contribution < -0.4 is 29.7 Å². The zero-order valence-corrected chi connectivity index (χ0v) is 16.3. The summed E-state index contributed by atoms with van der Waals surface area (Å²) < 4.78 is 22.7. The predicted octanol–water partition coefficient (Wildman–Crippen LogP) is 5.12. The number of hydrogen-bond acceptors (Lipinski definition) is 6. The Morgan fingerprint density at radius 1 is 0.714 bits per heavy atom. The van der Waals surface area contributed by atoms with Crippen LogP contribution in [0.3, 0.4) is 0 Å². The van der Waals surface area contributed by atoms with Crippen LogP contribution >= 0.6 is 23.2 Å². The second-order valence-corrected chi connectivity index (χ2v) is 6.78. The summed E-state index contributed by atoms with van der Waals surface area (Å²) in [6, 6.07) is 10.7. The second-order valence-electron chi connectivity index (χ2n) is 6.03. The Labute approximate surface area is 169 Å². The Hall–Kier alpha value is -2.96. The van der Waals surface area contributed by atoms with Crippen molar-refractivity contribution in [3.8, 4) is 34.5 Å². The first-order valence-corrected chi connectivity index (χ1v) is 9.06. The summed E-state index contributed by atoms with van der Waals surface area (Å²) in [7, 11) is 3.13. The molecule has 2 aliphatic rings. The molecule has 0 amide bonds. The molecule has 0 N–H and O–H groups in total. The number of hydrogen-bond donors (Lipinski definition) is 0. The highest BCUT2D eigenvalue weighted by molar-refractivity contribution is 6.35. The largest absolute Gasteiger partial charge is 0.494 e. The number of ether oxygens (including phenoxy) is 4. The van der Waals surface area contributed by atoms with Crippen molar-refractivity contribution >= 4 is 34.6 Å². The van der Waals surface area contributed by atoms with Crippen LogP contribution in [0.25, 0.3) is 0 Å². The Bertz CT molecular complexity index is 1180. The Morgan fingerprint density at radius 2 is 1.14 bits per heavy atom. The molecule has 0 spiro atoms. The minimum Gasteiger partial charge on any atom is -0.494 e. The number of para-hydroxylation sites is 2. The molecular formula is C20H12Cl2N2O4. The fourth-order valence-electron chi connectivity index (χ4n) is 3.17. The lowest BCUT2D eigenvalue weighted by Crippen LogP contribution is -2.22. The molecule has 140 valence electrons. The highest BCUT2D eigenvalue weighted by Crippen LogP contribution is 2.46. The first-order chi connectivity index (χ1) is 13.6. The third kappa shape index (κ3) is 2.35. The maximum absolute atomic E-state index is 6.63. The third-order valence-corrected chi connectivity index (χ3v) is 5.18. The standard InChI is InChI=1S/C20H12Cl2N2O4/c1-25-9-5-3-7-11-15(9)23-17-13(21)20-18(14(22)19(17)27-11)24-16-10(26-2)6-4-8-12(16)28-20/h3-8H,1-2H3. The van der Waals surface area contributed by atoms with Crippen molar-refractivity contribution in [1.29, 1.82) is 0 Å². The molecule has 2 aliphatic heterocycles. The molecule has 2 heterocycles. The summed E-state index contributed by atoms with van der Waals surface area (Å²) in [5.74, 6) is 2.79. The summed E-state index contributed by atoms with van der Waals surface area (Å²) in [4.78, 5) is 9.25. The average molecular weight is 415 g/mol. The first kappa shape index (κ1) is 17.2. The number of halogens is 2. The van der Waals surface area contributed by atoms with Crippen LogP contribution in [-0.2, 0) is 0 Å². The van der Waals surface area contributed by atoms with Crippen LogP contribution in [-0.4, -0.2) is 14.2 Å². The molecule has 5 rings (SSSR count). The van der Waals surface area contributed by atoms with Gasteiger partial charge in [-0.25, -0.2) is 9.98 Å². The maximum Gasteiger partial charge on any atom is 0.175 e. The van der Waals surface area contributed by atoms with Crippen molar-refractivity contribution in [1.82, 2.24) is 0 Å². The lowest BCUT2D eigenvalue weighted by atomic mass is 10.2. The highest BCUT2D eigenvalue weighted by Gasteiger charge is 2.28. The Balaban J connectivity index is 1.84. The van der Waals surface area contributed by atoms with Crippen molar-refractivity contribution in [3.63, 3.8) is 0 Å².